The number of amides is 1. The predicted molar refractivity (Wildman–Crippen MR) is 58.1 cm³/mol. The molecular weight excluding hydrogens is 281 g/mol. The lowest BCUT2D eigenvalue weighted by Crippen LogP contribution is -2.45. The molecule has 9 heteroatoms. The van der Waals surface area contributed by atoms with Crippen molar-refractivity contribution in [2.45, 2.75) is 24.9 Å². The molecule has 2 rings (SSSR count). The number of nitrogens with zero attached hydrogens (tertiary/aromatic N) is 2. The normalized spacial score (nSPS) is 17.2. The molecule has 0 aromatic carbocycles. The van der Waals surface area contributed by atoms with Gasteiger partial charge in [0.15, 0.2) is 11.6 Å². The number of rotatable bonds is 2. The molecular formula is C11H11F3N2O4. The van der Waals surface area contributed by atoms with E-state index >= 15 is 0 Å². The maximum Gasteiger partial charge on any atom is 0.471 e. The molecule has 1 fully saturated rings. The van der Waals surface area contributed by atoms with Crippen LogP contribution in [0.1, 0.15) is 35.1 Å². The zero-order valence-corrected chi connectivity index (χ0v) is 10.2. The van der Waals surface area contributed by atoms with Gasteiger partial charge in [0.25, 0.3) is 0 Å². The summed E-state index contributed by atoms with van der Waals surface area (Å²) in [5, 5.41) is 8.70. The van der Waals surface area contributed by atoms with Gasteiger partial charge in [-0.1, -0.05) is 0 Å². The molecule has 0 radical (unpaired) electrons. The van der Waals surface area contributed by atoms with E-state index < -0.39 is 18.1 Å². The Hall–Kier alpha value is -2.06. The highest BCUT2D eigenvalue weighted by Crippen LogP contribution is 2.29. The van der Waals surface area contributed by atoms with Crippen LogP contribution < -0.4 is 0 Å². The SMILES string of the molecule is O=C(O)c1coc(C2CCN(C(=O)C(F)(F)F)CC2)n1. The Labute approximate surface area is 111 Å². The summed E-state index contributed by atoms with van der Waals surface area (Å²) in [4.78, 5) is 26.2. The molecule has 1 amide bonds. The minimum atomic E-state index is -4.87. The van der Waals surface area contributed by atoms with Crippen molar-refractivity contribution in [1.82, 2.24) is 9.88 Å². The number of carbonyl (C=O) groups excluding carboxylic acids is 1. The molecule has 0 atom stereocenters. The Morgan fingerprint density at radius 2 is 1.95 bits per heavy atom. The van der Waals surface area contributed by atoms with Gasteiger partial charge in [-0.05, 0) is 12.8 Å². The lowest BCUT2D eigenvalue weighted by molar-refractivity contribution is -0.186. The molecule has 0 bridgehead atoms. The Kier molecular flexibility index (Phi) is 3.69. The van der Waals surface area contributed by atoms with Crippen LogP contribution in [0.4, 0.5) is 13.2 Å². The lowest BCUT2D eigenvalue weighted by atomic mass is 9.97. The molecule has 20 heavy (non-hydrogen) atoms. The minimum absolute atomic E-state index is 0.0617. The second kappa shape index (κ2) is 5.14. The number of piperidine rings is 1. The summed E-state index contributed by atoms with van der Waals surface area (Å²) in [5.41, 5.74) is -0.242. The monoisotopic (exact) mass is 292 g/mol. The Morgan fingerprint density at radius 3 is 2.40 bits per heavy atom. The average Bonchev–Trinajstić information content (AvgIpc) is 2.86. The second-order valence-corrected chi connectivity index (χ2v) is 4.44. The molecule has 0 spiro atoms. The molecule has 2 heterocycles. The van der Waals surface area contributed by atoms with Crippen molar-refractivity contribution >= 4 is 11.9 Å². The summed E-state index contributed by atoms with van der Waals surface area (Å²) in [7, 11) is 0. The summed E-state index contributed by atoms with van der Waals surface area (Å²) in [6.07, 6.45) is -3.38. The maximum absolute atomic E-state index is 12.3. The van der Waals surface area contributed by atoms with Crippen molar-refractivity contribution in [2.24, 2.45) is 0 Å². The standard InChI is InChI=1S/C11H11F3N2O4/c12-11(13,14)10(19)16-3-1-6(2-4-16)8-15-7(5-20-8)9(17)18/h5-6H,1-4H2,(H,17,18). The van der Waals surface area contributed by atoms with E-state index in [1.54, 1.807) is 0 Å². The molecule has 6 nitrogen and oxygen atoms in total. The molecule has 1 aliphatic rings. The van der Waals surface area contributed by atoms with Gasteiger partial charge < -0.3 is 14.4 Å². The van der Waals surface area contributed by atoms with E-state index in [4.69, 9.17) is 9.52 Å². The van der Waals surface area contributed by atoms with Gasteiger partial charge in [0.05, 0.1) is 0 Å². The zero-order valence-electron chi connectivity index (χ0n) is 10.2. The number of aromatic carboxylic acids is 1. The Morgan fingerprint density at radius 1 is 1.35 bits per heavy atom. The molecule has 110 valence electrons. The lowest BCUT2D eigenvalue weighted by Gasteiger charge is -2.30. The summed E-state index contributed by atoms with van der Waals surface area (Å²) < 4.78 is 41.8. The number of hydrogen-bond donors (Lipinski definition) is 1. The van der Waals surface area contributed by atoms with Crippen LogP contribution in [-0.4, -0.2) is 46.1 Å². The first kappa shape index (κ1) is 14.4. The third-order valence-electron chi connectivity index (χ3n) is 3.11. The number of carboxylic acids is 1. The van der Waals surface area contributed by atoms with Crippen LogP contribution in [-0.2, 0) is 4.79 Å². The average molecular weight is 292 g/mol. The van der Waals surface area contributed by atoms with Crippen molar-refractivity contribution in [2.75, 3.05) is 13.1 Å². The van der Waals surface area contributed by atoms with E-state index in [1.807, 2.05) is 0 Å². The largest absolute Gasteiger partial charge is 0.476 e. The van der Waals surface area contributed by atoms with E-state index in [0.29, 0.717) is 0 Å². The first-order chi connectivity index (χ1) is 9.29. The van der Waals surface area contributed by atoms with E-state index in [0.717, 1.165) is 11.2 Å². The molecule has 1 aromatic heterocycles. The van der Waals surface area contributed by atoms with Gasteiger partial charge in [0.2, 0.25) is 0 Å². The van der Waals surface area contributed by atoms with E-state index in [-0.39, 0.29) is 43.4 Å². The van der Waals surface area contributed by atoms with Gasteiger partial charge in [0.1, 0.15) is 6.26 Å². The van der Waals surface area contributed by atoms with Crippen LogP contribution in [0.3, 0.4) is 0 Å². The molecule has 0 unspecified atom stereocenters. The van der Waals surface area contributed by atoms with Gasteiger partial charge >= 0.3 is 18.1 Å². The van der Waals surface area contributed by atoms with Crippen molar-refractivity contribution in [3.05, 3.63) is 17.8 Å². The van der Waals surface area contributed by atoms with Crippen molar-refractivity contribution in [3.63, 3.8) is 0 Å². The van der Waals surface area contributed by atoms with Gasteiger partial charge in [-0.15, -0.1) is 0 Å². The van der Waals surface area contributed by atoms with Crippen molar-refractivity contribution < 1.29 is 32.3 Å². The quantitative estimate of drug-likeness (QED) is 0.895. The summed E-state index contributed by atoms with van der Waals surface area (Å²) in [6.45, 7) is -0.123. The molecule has 0 saturated carbocycles. The fourth-order valence-electron chi connectivity index (χ4n) is 2.08. The minimum Gasteiger partial charge on any atom is -0.476 e. The zero-order chi connectivity index (χ0) is 14.9. The summed E-state index contributed by atoms with van der Waals surface area (Å²) in [5.74, 6) is -3.18. The Bertz CT molecular complexity index is 518. The van der Waals surface area contributed by atoms with Gasteiger partial charge in [-0.2, -0.15) is 13.2 Å². The highest BCUT2D eigenvalue weighted by atomic mass is 19.4. The summed E-state index contributed by atoms with van der Waals surface area (Å²) >= 11 is 0. The first-order valence-electron chi connectivity index (χ1n) is 5.84. The number of oxazole rings is 1. The van der Waals surface area contributed by atoms with Gasteiger partial charge in [-0.3, -0.25) is 4.79 Å². The third kappa shape index (κ3) is 2.91. The van der Waals surface area contributed by atoms with Gasteiger partial charge in [0, 0.05) is 19.0 Å². The highest BCUT2D eigenvalue weighted by molar-refractivity contribution is 5.84. The second-order valence-electron chi connectivity index (χ2n) is 4.44. The molecule has 1 aromatic rings. The van der Waals surface area contributed by atoms with Gasteiger partial charge in [-0.25, -0.2) is 9.78 Å². The smallest absolute Gasteiger partial charge is 0.471 e. The van der Waals surface area contributed by atoms with E-state index in [9.17, 15) is 22.8 Å². The molecule has 1 aliphatic heterocycles. The first-order valence-corrected chi connectivity index (χ1v) is 5.84. The van der Waals surface area contributed by atoms with Crippen LogP contribution in [0.2, 0.25) is 0 Å². The molecule has 1 N–H and O–H groups in total. The van der Waals surface area contributed by atoms with Crippen LogP contribution in [0.15, 0.2) is 10.7 Å². The predicted octanol–water partition coefficient (Wildman–Crippen LogP) is 1.64. The summed E-state index contributed by atoms with van der Waals surface area (Å²) in [6, 6.07) is 0. The number of carboxylic acid groups (broad SMARTS) is 1. The molecule has 0 aliphatic carbocycles. The van der Waals surface area contributed by atoms with Crippen LogP contribution in [0.5, 0.6) is 0 Å². The van der Waals surface area contributed by atoms with Crippen molar-refractivity contribution in [3.8, 4) is 0 Å². The fraction of sp³-hybridized carbons (Fsp3) is 0.545. The number of carbonyl (C=O) groups is 2. The van der Waals surface area contributed by atoms with Crippen LogP contribution >= 0.6 is 0 Å². The maximum atomic E-state index is 12.3. The fourth-order valence-corrected chi connectivity index (χ4v) is 2.08. The van der Waals surface area contributed by atoms with Crippen LogP contribution in [0, 0.1) is 0 Å². The third-order valence-corrected chi connectivity index (χ3v) is 3.11. The number of hydrogen-bond acceptors (Lipinski definition) is 4. The van der Waals surface area contributed by atoms with Crippen LogP contribution in [0.25, 0.3) is 0 Å². The topological polar surface area (TPSA) is 83.6 Å². The Balaban J connectivity index is 1.97. The van der Waals surface area contributed by atoms with E-state index in [1.165, 1.54) is 0 Å². The number of halogens is 3. The molecule has 1 saturated heterocycles. The van der Waals surface area contributed by atoms with E-state index in [2.05, 4.69) is 4.98 Å². The number of likely N-dealkylation sites (tertiary alicyclic amines) is 1. The van der Waals surface area contributed by atoms with Crippen molar-refractivity contribution in [1.29, 1.82) is 0 Å². The number of alkyl halides is 3. The highest BCUT2D eigenvalue weighted by Gasteiger charge is 2.43. The number of aromatic nitrogens is 1.